The van der Waals surface area contributed by atoms with Gasteiger partial charge in [-0.15, -0.1) is 0 Å². The van der Waals surface area contributed by atoms with E-state index < -0.39 is 5.69 Å². The molecule has 148 valence electrons. The van der Waals surface area contributed by atoms with Crippen molar-refractivity contribution in [1.82, 2.24) is 9.97 Å². The van der Waals surface area contributed by atoms with Gasteiger partial charge >= 0.3 is 5.69 Å². The first-order chi connectivity index (χ1) is 14.0. The maximum Gasteiger partial charge on any atom is 0.325 e. The molecule has 1 atom stereocenters. The number of benzene rings is 2. The molecular weight excluding hydrogens is 391 g/mol. The van der Waals surface area contributed by atoms with Crippen molar-refractivity contribution in [3.63, 3.8) is 0 Å². The van der Waals surface area contributed by atoms with Crippen molar-refractivity contribution in [1.29, 1.82) is 0 Å². The second-order valence-corrected chi connectivity index (χ2v) is 7.72. The Balaban J connectivity index is 1.65. The van der Waals surface area contributed by atoms with Gasteiger partial charge in [0.05, 0.1) is 0 Å². The second kappa shape index (κ2) is 8.21. The molecule has 0 radical (unpaired) electrons. The third-order valence-electron chi connectivity index (χ3n) is 5.39. The van der Waals surface area contributed by atoms with E-state index in [0.29, 0.717) is 41.1 Å². The molecule has 1 unspecified atom stereocenters. The van der Waals surface area contributed by atoms with E-state index in [1.807, 2.05) is 36.4 Å². The van der Waals surface area contributed by atoms with Gasteiger partial charge in [0, 0.05) is 34.2 Å². The summed E-state index contributed by atoms with van der Waals surface area (Å²) >= 11 is 5.85. The van der Waals surface area contributed by atoms with Gasteiger partial charge in [0.15, 0.2) is 0 Å². The molecule has 0 saturated heterocycles. The zero-order valence-electron chi connectivity index (χ0n) is 15.7. The molecule has 2 N–H and O–H groups in total. The highest BCUT2D eigenvalue weighted by Gasteiger charge is 2.23. The van der Waals surface area contributed by atoms with E-state index >= 15 is 0 Å². The van der Waals surface area contributed by atoms with Crippen LogP contribution < -0.4 is 11.2 Å². The smallest absolute Gasteiger partial charge is 0.311 e. The van der Waals surface area contributed by atoms with Gasteiger partial charge in [0.25, 0.3) is 5.56 Å². The number of hydrogen-bond donors (Lipinski definition) is 2. The van der Waals surface area contributed by atoms with Crippen molar-refractivity contribution < 1.29 is 4.39 Å². The topological polar surface area (TPSA) is 65.7 Å². The molecule has 3 aromatic rings. The number of halogens is 2. The van der Waals surface area contributed by atoms with E-state index in [1.165, 1.54) is 6.07 Å². The van der Waals surface area contributed by atoms with E-state index in [1.54, 1.807) is 12.1 Å². The first kappa shape index (κ1) is 19.4. The van der Waals surface area contributed by atoms with Gasteiger partial charge in [-0.05, 0) is 42.5 Å². The maximum atomic E-state index is 14.2. The Hall–Kier alpha value is -2.92. The molecule has 1 aliphatic rings. The van der Waals surface area contributed by atoms with Gasteiger partial charge < -0.3 is 4.98 Å². The fourth-order valence-electron chi connectivity index (χ4n) is 3.94. The predicted octanol–water partition coefficient (Wildman–Crippen LogP) is 4.80. The summed E-state index contributed by atoms with van der Waals surface area (Å²) in [7, 11) is 0. The molecule has 0 bridgehead atoms. The number of aromatic nitrogens is 2. The largest absolute Gasteiger partial charge is 0.325 e. The number of nitrogens with one attached hydrogen (secondary N) is 2. The summed E-state index contributed by atoms with van der Waals surface area (Å²) in [5, 5.41) is 0.368. The standard InChI is InChI=1S/C23H20ClFN2O2/c24-17-10-11-18(20(25)13-17)15-6-8-16(9-7-15)21-19(22(28)27-23(29)26-21)12-14-4-2-1-3-5-14/h1-6,10-11,13,16H,7-9,12H2,(H2,26,27,28,29). The zero-order valence-corrected chi connectivity index (χ0v) is 16.4. The Kier molecular flexibility index (Phi) is 5.49. The monoisotopic (exact) mass is 410 g/mol. The molecular formula is C23H20ClFN2O2. The van der Waals surface area contributed by atoms with E-state index in [9.17, 15) is 14.0 Å². The average molecular weight is 411 g/mol. The Morgan fingerprint density at radius 2 is 1.86 bits per heavy atom. The molecule has 0 fully saturated rings. The van der Waals surface area contributed by atoms with Crippen LogP contribution in [0.5, 0.6) is 0 Å². The van der Waals surface area contributed by atoms with E-state index in [-0.39, 0.29) is 17.3 Å². The minimum absolute atomic E-state index is 0.00261. The van der Waals surface area contributed by atoms with Crippen LogP contribution in [0.4, 0.5) is 4.39 Å². The van der Waals surface area contributed by atoms with Crippen molar-refractivity contribution in [3.05, 3.63) is 109 Å². The molecule has 29 heavy (non-hydrogen) atoms. The first-order valence-electron chi connectivity index (χ1n) is 9.55. The van der Waals surface area contributed by atoms with Gasteiger partial charge in [-0.1, -0.05) is 54.1 Å². The van der Waals surface area contributed by atoms with E-state index in [0.717, 1.165) is 17.6 Å². The Morgan fingerprint density at radius 1 is 1.07 bits per heavy atom. The molecule has 0 spiro atoms. The summed E-state index contributed by atoms with van der Waals surface area (Å²) in [5.41, 5.74) is 2.88. The third-order valence-corrected chi connectivity index (χ3v) is 5.63. The highest BCUT2D eigenvalue weighted by atomic mass is 35.5. The molecule has 4 rings (SSSR count). The normalized spacial score (nSPS) is 16.5. The summed E-state index contributed by atoms with van der Waals surface area (Å²) in [6.45, 7) is 0. The van der Waals surface area contributed by atoms with Crippen molar-refractivity contribution >= 4 is 17.2 Å². The van der Waals surface area contributed by atoms with Crippen molar-refractivity contribution in [2.75, 3.05) is 0 Å². The summed E-state index contributed by atoms with van der Waals surface area (Å²) < 4.78 is 14.2. The van der Waals surface area contributed by atoms with Crippen LogP contribution in [-0.2, 0) is 6.42 Å². The zero-order chi connectivity index (χ0) is 20.4. The molecule has 6 heteroatoms. The second-order valence-electron chi connectivity index (χ2n) is 7.29. The fraction of sp³-hybridized carbons (Fsp3) is 0.217. The number of allylic oxidation sites excluding steroid dienone is 2. The average Bonchev–Trinajstić information content (AvgIpc) is 2.71. The molecule has 4 nitrogen and oxygen atoms in total. The molecule has 0 amide bonds. The third kappa shape index (κ3) is 4.25. The predicted molar refractivity (Wildman–Crippen MR) is 113 cm³/mol. The van der Waals surface area contributed by atoms with Crippen LogP contribution >= 0.6 is 11.6 Å². The van der Waals surface area contributed by atoms with Gasteiger partial charge in [0.1, 0.15) is 5.82 Å². The van der Waals surface area contributed by atoms with Crippen LogP contribution in [0.25, 0.3) is 5.57 Å². The van der Waals surface area contributed by atoms with Crippen LogP contribution in [0, 0.1) is 5.82 Å². The highest BCUT2D eigenvalue weighted by molar-refractivity contribution is 6.30. The van der Waals surface area contributed by atoms with E-state index in [4.69, 9.17) is 11.6 Å². The lowest BCUT2D eigenvalue weighted by molar-refractivity contribution is 0.588. The summed E-state index contributed by atoms with van der Waals surface area (Å²) in [4.78, 5) is 29.6. The van der Waals surface area contributed by atoms with Crippen molar-refractivity contribution in [2.24, 2.45) is 0 Å². The van der Waals surface area contributed by atoms with Crippen molar-refractivity contribution in [3.8, 4) is 0 Å². The number of aromatic amines is 2. The van der Waals surface area contributed by atoms with Crippen LogP contribution in [0.2, 0.25) is 5.02 Å². The number of hydrogen-bond acceptors (Lipinski definition) is 2. The molecule has 1 heterocycles. The maximum absolute atomic E-state index is 14.2. The SMILES string of the molecule is O=c1[nH]c(C2CC=C(c3ccc(Cl)cc3F)CC2)c(Cc2ccccc2)c(=O)[nH]1. The van der Waals surface area contributed by atoms with Gasteiger partial charge in [0.2, 0.25) is 0 Å². The minimum atomic E-state index is -0.500. The quantitative estimate of drug-likeness (QED) is 0.649. The molecule has 0 saturated carbocycles. The summed E-state index contributed by atoms with van der Waals surface area (Å²) in [6, 6.07) is 14.4. The van der Waals surface area contributed by atoms with Crippen LogP contribution in [-0.4, -0.2) is 9.97 Å². The Labute approximate surface area is 172 Å². The molecule has 1 aliphatic carbocycles. The van der Waals surface area contributed by atoms with Crippen LogP contribution in [0.3, 0.4) is 0 Å². The lowest BCUT2D eigenvalue weighted by atomic mass is 9.83. The van der Waals surface area contributed by atoms with Crippen molar-refractivity contribution in [2.45, 2.75) is 31.6 Å². The lowest BCUT2D eigenvalue weighted by Crippen LogP contribution is -2.30. The molecule has 1 aromatic heterocycles. The highest BCUT2D eigenvalue weighted by Crippen LogP contribution is 2.37. The lowest BCUT2D eigenvalue weighted by Gasteiger charge is -2.24. The van der Waals surface area contributed by atoms with Gasteiger partial charge in [-0.3, -0.25) is 9.78 Å². The number of rotatable bonds is 4. The Bertz CT molecular complexity index is 1180. The molecule has 0 aliphatic heterocycles. The van der Waals surface area contributed by atoms with Crippen LogP contribution in [0.15, 0.2) is 64.2 Å². The Morgan fingerprint density at radius 3 is 2.55 bits per heavy atom. The summed E-state index contributed by atoms with van der Waals surface area (Å²) in [5.74, 6) is -0.334. The fourth-order valence-corrected chi connectivity index (χ4v) is 4.10. The van der Waals surface area contributed by atoms with E-state index in [2.05, 4.69) is 9.97 Å². The van der Waals surface area contributed by atoms with Gasteiger partial charge in [-0.2, -0.15) is 0 Å². The van der Waals surface area contributed by atoms with Gasteiger partial charge in [-0.25, -0.2) is 9.18 Å². The number of H-pyrrole nitrogens is 2. The minimum Gasteiger partial charge on any atom is -0.311 e. The first-order valence-corrected chi connectivity index (χ1v) is 9.93. The summed E-state index contributed by atoms with van der Waals surface area (Å²) in [6.07, 6.45) is 4.43. The van der Waals surface area contributed by atoms with Crippen LogP contribution in [0.1, 0.15) is 47.6 Å². The molecule has 2 aromatic carbocycles.